The Bertz CT molecular complexity index is 2840. The van der Waals surface area contributed by atoms with Crippen LogP contribution in [-0.2, 0) is 26.5 Å². The Morgan fingerprint density at radius 1 is 0.759 bits per heavy atom. The van der Waals surface area contributed by atoms with Crippen molar-refractivity contribution < 1.29 is 24.5 Å². The minimum Gasteiger partial charge on any atom is -0.557 e. The van der Waals surface area contributed by atoms with Gasteiger partial charge in [-0.3, -0.25) is 4.98 Å². The number of imidazole rings is 1. The molecule has 0 spiro atoms. The molecule has 0 bridgehead atoms. The first-order valence-corrected chi connectivity index (χ1v) is 23.4. The molecule has 9 rings (SSSR count). The van der Waals surface area contributed by atoms with Crippen molar-refractivity contribution in [2.24, 2.45) is 5.92 Å². The van der Waals surface area contributed by atoms with Gasteiger partial charge in [0.05, 0.1) is 24.9 Å². The summed E-state index contributed by atoms with van der Waals surface area (Å²) in [4.78, 5) is 9.77. The number of para-hydroxylation sites is 2. The van der Waals surface area contributed by atoms with Crippen LogP contribution < -0.4 is 5.19 Å². The molecule has 1 radical (unpaired) electrons. The summed E-state index contributed by atoms with van der Waals surface area (Å²) in [5.41, 5.74) is 14.6. The molecule has 4 nitrogen and oxygen atoms in total. The Labute approximate surface area is 357 Å². The number of hydrogen-bond donors (Lipinski definition) is 0. The van der Waals surface area contributed by atoms with Gasteiger partial charge in [-0.05, 0) is 101 Å². The minimum atomic E-state index is -1.34. The monoisotopic (exact) mass is 952 g/mol. The van der Waals surface area contributed by atoms with Gasteiger partial charge in [-0.2, -0.15) is 0 Å². The average Bonchev–Trinajstić information content (AvgIpc) is 3.78. The van der Waals surface area contributed by atoms with Gasteiger partial charge in [0.1, 0.15) is 0 Å². The van der Waals surface area contributed by atoms with Crippen molar-refractivity contribution in [1.82, 2.24) is 14.5 Å². The maximum Gasteiger partial charge on any atom is 0.0798 e. The molecule has 293 valence electrons. The fourth-order valence-corrected chi connectivity index (χ4v) is 9.66. The number of hydrogen-bond acceptors (Lipinski definition) is 3. The molecular formula is C52H49IrN3OSi-2. The van der Waals surface area contributed by atoms with Gasteiger partial charge in [0, 0.05) is 43.8 Å². The van der Waals surface area contributed by atoms with Crippen LogP contribution in [0, 0.1) is 39.0 Å². The van der Waals surface area contributed by atoms with Crippen LogP contribution in [0.25, 0.3) is 72.2 Å². The number of fused-ring (bicyclic) bond motifs is 3. The number of pyridine rings is 1. The van der Waals surface area contributed by atoms with Gasteiger partial charge >= 0.3 is 0 Å². The average molecular weight is 952 g/mol. The number of nitrogens with zero attached hydrogens (tertiary/aromatic N) is 3. The standard InChI is InChI=1S/C34H25N2O.C18H24NSi.Ir/c1-21-13-14-25-18-28-29(20-37-32(28)19-26(25)15-21)34-35-30-11-7-8-12-31(30)36(34)27-16-22(2)33(23(3)17-27)24-9-5-4-6-10-24;1-14(2)11-16-12-17(15-9-7-6-8-10-15)19-13-18(16)20(3,4)5;/h4-19H,1-3H3;6-9,12-14H,11H2,1-5H3;/q2*-1;. The van der Waals surface area contributed by atoms with E-state index in [0.717, 1.165) is 62.1 Å². The van der Waals surface area contributed by atoms with E-state index in [1.165, 1.54) is 44.0 Å². The van der Waals surface area contributed by atoms with Crippen molar-refractivity contribution >= 4 is 46.0 Å². The summed E-state index contributed by atoms with van der Waals surface area (Å²) in [7, 11) is -1.34. The van der Waals surface area contributed by atoms with Gasteiger partial charge in [-0.15, -0.1) is 35.9 Å². The van der Waals surface area contributed by atoms with E-state index in [-0.39, 0.29) is 20.1 Å². The summed E-state index contributed by atoms with van der Waals surface area (Å²) < 4.78 is 8.22. The zero-order chi connectivity index (χ0) is 39.8. The quantitative estimate of drug-likeness (QED) is 0.118. The maximum absolute atomic E-state index is 5.98. The molecule has 0 saturated carbocycles. The van der Waals surface area contributed by atoms with Crippen LogP contribution in [0.2, 0.25) is 19.6 Å². The van der Waals surface area contributed by atoms with E-state index in [2.05, 4.69) is 185 Å². The van der Waals surface area contributed by atoms with Crippen molar-refractivity contribution in [2.45, 2.75) is 60.7 Å². The molecular weight excluding hydrogens is 903 g/mol. The van der Waals surface area contributed by atoms with E-state index in [1.54, 1.807) is 0 Å². The molecule has 0 aliphatic heterocycles. The largest absolute Gasteiger partial charge is 0.557 e. The van der Waals surface area contributed by atoms with Crippen LogP contribution >= 0.6 is 0 Å². The number of furan rings is 1. The summed E-state index contributed by atoms with van der Waals surface area (Å²) in [6.07, 6.45) is 6.44. The van der Waals surface area contributed by atoms with Crippen molar-refractivity contribution in [1.29, 1.82) is 0 Å². The molecule has 0 amide bonds. The van der Waals surface area contributed by atoms with Crippen LogP contribution in [0.15, 0.2) is 138 Å². The molecule has 0 aliphatic carbocycles. The zero-order valence-electron chi connectivity index (χ0n) is 34.6. The Hall–Kier alpha value is -5.39. The van der Waals surface area contributed by atoms with E-state index in [0.29, 0.717) is 5.92 Å². The van der Waals surface area contributed by atoms with Gasteiger partial charge in [-0.25, -0.2) is 0 Å². The molecule has 0 N–H and O–H groups in total. The summed E-state index contributed by atoms with van der Waals surface area (Å²) in [6, 6.07) is 47.8. The van der Waals surface area contributed by atoms with Crippen LogP contribution in [0.5, 0.6) is 0 Å². The number of benzene rings is 6. The number of aromatic nitrogens is 3. The third-order valence-electron chi connectivity index (χ3n) is 10.7. The van der Waals surface area contributed by atoms with E-state index in [9.17, 15) is 0 Å². The Kier molecular flexibility index (Phi) is 11.8. The SMILES string of the molecule is CC(C)Cc1cc(-c2[c-]cccc2)ncc1[Si](C)(C)C.Cc1ccc2cc3c(-c4nc5ccccc5n4-c4cc(C)c(-c5ccccc5)c(C)c4)[c-]oc3cc2c1.[Ir]. The van der Waals surface area contributed by atoms with Crippen molar-refractivity contribution in [3.05, 3.63) is 168 Å². The van der Waals surface area contributed by atoms with Crippen LogP contribution in [0.3, 0.4) is 0 Å². The summed E-state index contributed by atoms with van der Waals surface area (Å²) in [5.74, 6) is 1.50. The molecule has 6 aromatic carbocycles. The van der Waals surface area contributed by atoms with E-state index < -0.39 is 8.07 Å². The van der Waals surface area contributed by atoms with Gasteiger partial charge in [0.25, 0.3) is 0 Å². The van der Waals surface area contributed by atoms with E-state index in [1.807, 2.05) is 24.3 Å². The maximum atomic E-state index is 5.98. The Morgan fingerprint density at radius 3 is 2.19 bits per heavy atom. The second-order valence-electron chi connectivity index (χ2n) is 16.7. The van der Waals surface area contributed by atoms with E-state index in [4.69, 9.17) is 9.40 Å². The number of aryl methyl sites for hydroxylation is 3. The van der Waals surface area contributed by atoms with Gasteiger partial charge < -0.3 is 14.0 Å². The predicted molar refractivity (Wildman–Crippen MR) is 242 cm³/mol. The second kappa shape index (κ2) is 16.8. The fraction of sp³-hybridized carbons (Fsp3) is 0.192. The molecule has 0 aliphatic rings. The molecule has 0 unspecified atom stereocenters. The molecule has 3 heterocycles. The Balaban J connectivity index is 0.000000208. The molecule has 9 aromatic rings. The predicted octanol–water partition coefficient (Wildman–Crippen LogP) is 13.3. The molecule has 0 fully saturated rings. The normalized spacial score (nSPS) is 11.5. The molecule has 3 aromatic heterocycles. The van der Waals surface area contributed by atoms with Gasteiger partial charge in [-0.1, -0.05) is 134 Å². The minimum absolute atomic E-state index is 0. The van der Waals surface area contributed by atoms with Crippen molar-refractivity contribution in [2.75, 3.05) is 0 Å². The van der Waals surface area contributed by atoms with Gasteiger partial charge in [0.15, 0.2) is 0 Å². The fourth-order valence-electron chi connectivity index (χ4n) is 8.07. The third-order valence-corrected chi connectivity index (χ3v) is 12.7. The smallest absolute Gasteiger partial charge is 0.0798 e. The first kappa shape index (κ1) is 40.8. The summed E-state index contributed by atoms with van der Waals surface area (Å²) in [6.45, 7) is 18.2. The van der Waals surface area contributed by atoms with Gasteiger partial charge in [0.2, 0.25) is 0 Å². The van der Waals surface area contributed by atoms with Crippen molar-refractivity contribution in [3.63, 3.8) is 0 Å². The van der Waals surface area contributed by atoms with Crippen molar-refractivity contribution in [3.8, 4) is 39.5 Å². The van der Waals surface area contributed by atoms with Crippen LogP contribution in [-0.4, -0.2) is 22.6 Å². The second-order valence-corrected chi connectivity index (χ2v) is 21.7. The number of rotatable bonds is 7. The topological polar surface area (TPSA) is 43.9 Å². The Morgan fingerprint density at radius 2 is 1.48 bits per heavy atom. The molecule has 0 atom stereocenters. The zero-order valence-corrected chi connectivity index (χ0v) is 38.0. The molecule has 58 heavy (non-hydrogen) atoms. The van der Waals surface area contributed by atoms with E-state index >= 15 is 0 Å². The first-order chi connectivity index (χ1) is 27.4. The van der Waals surface area contributed by atoms with Crippen LogP contribution in [0.1, 0.15) is 36.1 Å². The third kappa shape index (κ3) is 8.28. The van der Waals surface area contributed by atoms with Crippen LogP contribution in [0.4, 0.5) is 0 Å². The molecule has 0 saturated heterocycles. The summed E-state index contributed by atoms with van der Waals surface area (Å²) >= 11 is 0. The molecule has 6 heteroatoms. The summed E-state index contributed by atoms with van der Waals surface area (Å²) in [5, 5.41) is 4.85. The first-order valence-electron chi connectivity index (χ1n) is 19.9.